The zero-order chi connectivity index (χ0) is 15.9. The molecule has 0 aliphatic carbocycles. The molecule has 3 aromatic heterocycles. The van der Waals surface area contributed by atoms with Crippen molar-refractivity contribution < 1.29 is 4.79 Å². The molecule has 114 valence electrons. The van der Waals surface area contributed by atoms with Gasteiger partial charge in [0.05, 0.1) is 23.6 Å². The van der Waals surface area contributed by atoms with E-state index in [0.29, 0.717) is 11.3 Å². The Bertz CT molecular complexity index is 840. The van der Waals surface area contributed by atoms with E-state index >= 15 is 0 Å². The Morgan fingerprint density at radius 2 is 2.14 bits per heavy atom. The predicted molar refractivity (Wildman–Crippen MR) is 81.6 cm³/mol. The normalized spacial score (nSPS) is 11.8. The van der Waals surface area contributed by atoms with E-state index in [0.717, 1.165) is 11.1 Å². The summed E-state index contributed by atoms with van der Waals surface area (Å²) in [6.07, 6.45) is 3.19. The first kappa shape index (κ1) is 14.2. The zero-order valence-corrected chi connectivity index (χ0v) is 12.9. The lowest BCUT2D eigenvalue weighted by Gasteiger charge is -2.17. The molecule has 3 aromatic rings. The summed E-state index contributed by atoms with van der Waals surface area (Å²) in [5, 5.41) is 18.4. The van der Waals surface area contributed by atoms with Crippen molar-refractivity contribution >= 4 is 22.6 Å². The van der Waals surface area contributed by atoms with Crippen LogP contribution in [0.25, 0.3) is 11.0 Å². The van der Waals surface area contributed by atoms with Crippen LogP contribution in [0.3, 0.4) is 0 Å². The van der Waals surface area contributed by atoms with Gasteiger partial charge in [0.2, 0.25) is 0 Å². The fourth-order valence-corrected chi connectivity index (χ4v) is 1.98. The molecule has 0 spiro atoms. The van der Waals surface area contributed by atoms with Gasteiger partial charge < -0.3 is 5.32 Å². The van der Waals surface area contributed by atoms with Crippen molar-refractivity contribution in [3.63, 3.8) is 0 Å². The first-order valence-electron chi connectivity index (χ1n) is 6.89. The Morgan fingerprint density at radius 3 is 2.82 bits per heavy atom. The number of carbonyl (C=O) groups is 1. The van der Waals surface area contributed by atoms with Crippen molar-refractivity contribution in [1.29, 1.82) is 0 Å². The van der Waals surface area contributed by atoms with E-state index in [1.54, 1.807) is 17.1 Å². The zero-order valence-electron chi connectivity index (χ0n) is 12.9. The molecule has 0 saturated heterocycles. The number of nitrogens with zero attached hydrogens (tertiary/aromatic N) is 5. The number of H-pyrrole nitrogens is 1. The summed E-state index contributed by atoms with van der Waals surface area (Å²) in [5.74, 6) is -0.321. The molecule has 0 atom stereocenters. The molecule has 0 unspecified atom stereocenters. The second-order valence-electron chi connectivity index (χ2n) is 6.12. The van der Waals surface area contributed by atoms with Crippen molar-refractivity contribution in [2.45, 2.75) is 33.2 Å². The summed E-state index contributed by atoms with van der Waals surface area (Å²) in [5.41, 5.74) is 2.15. The van der Waals surface area contributed by atoms with Gasteiger partial charge in [0.25, 0.3) is 5.91 Å². The fourth-order valence-electron chi connectivity index (χ4n) is 1.98. The maximum absolute atomic E-state index is 12.2. The predicted octanol–water partition coefficient (Wildman–Crippen LogP) is 1.87. The average Bonchev–Trinajstić information content (AvgIpc) is 3.06. The van der Waals surface area contributed by atoms with Crippen LogP contribution in [0.4, 0.5) is 5.69 Å². The second kappa shape index (κ2) is 4.90. The van der Waals surface area contributed by atoms with Crippen LogP contribution in [-0.4, -0.2) is 36.1 Å². The molecule has 1 amide bonds. The van der Waals surface area contributed by atoms with Gasteiger partial charge in [-0.15, -0.1) is 5.10 Å². The number of fused-ring (bicyclic) bond motifs is 1. The lowest BCUT2D eigenvalue weighted by Crippen LogP contribution is -2.22. The second-order valence-corrected chi connectivity index (χ2v) is 6.12. The average molecular weight is 299 g/mol. The van der Waals surface area contributed by atoms with Gasteiger partial charge in [0, 0.05) is 11.1 Å². The number of nitrogens with one attached hydrogen (secondary N) is 2. The monoisotopic (exact) mass is 299 g/mol. The SMILES string of the molecule is Cc1[nH]nc2ncc(NC(=O)c3cn(C(C)(C)C)nn3)cc12. The van der Waals surface area contributed by atoms with E-state index in [9.17, 15) is 4.79 Å². The van der Waals surface area contributed by atoms with Crippen LogP contribution in [0.15, 0.2) is 18.5 Å². The molecule has 0 fully saturated rings. The molecule has 8 nitrogen and oxygen atoms in total. The number of carbonyl (C=O) groups excluding carboxylic acids is 1. The number of hydrogen-bond donors (Lipinski definition) is 2. The van der Waals surface area contributed by atoms with Gasteiger partial charge in [-0.05, 0) is 33.8 Å². The number of pyridine rings is 1. The number of aromatic nitrogens is 6. The minimum Gasteiger partial charge on any atom is -0.319 e. The van der Waals surface area contributed by atoms with Crippen LogP contribution in [0, 0.1) is 6.92 Å². The number of rotatable bonds is 2. The number of hydrogen-bond acceptors (Lipinski definition) is 5. The molecule has 2 N–H and O–H groups in total. The molecule has 0 aliphatic heterocycles. The highest BCUT2D eigenvalue weighted by Crippen LogP contribution is 2.18. The van der Waals surface area contributed by atoms with E-state index in [-0.39, 0.29) is 17.1 Å². The minimum atomic E-state index is -0.321. The molecule has 22 heavy (non-hydrogen) atoms. The van der Waals surface area contributed by atoms with Crippen molar-refractivity contribution in [2.75, 3.05) is 5.32 Å². The molecular formula is C14H17N7O. The van der Waals surface area contributed by atoms with Crippen molar-refractivity contribution in [2.24, 2.45) is 0 Å². The summed E-state index contributed by atoms with van der Waals surface area (Å²) in [6, 6.07) is 1.83. The first-order chi connectivity index (χ1) is 10.3. The van der Waals surface area contributed by atoms with E-state index in [1.807, 2.05) is 33.8 Å². The smallest absolute Gasteiger partial charge is 0.277 e. The summed E-state index contributed by atoms with van der Waals surface area (Å²) >= 11 is 0. The van der Waals surface area contributed by atoms with Gasteiger partial charge in [-0.3, -0.25) is 9.89 Å². The Hall–Kier alpha value is -2.77. The maximum Gasteiger partial charge on any atom is 0.277 e. The molecule has 3 heterocycles. The quantitative estimate of drug-likeness (QED) is 0.752. The van der Waals surface area contributed by atoms with Gasteiger partial charge in [-0.25, -0.2) is 9.67 Å². The maximum atomic E-state index is 12.2. The largest absolute Gasteiger partial charge is 0.319 e. The van der Waals surface area contributed by atoms with Crippen LogP contribution in [0.1, 0.15) is 37.0 Å². The number of amides is 1. The fraction of sp³-hybridized carbons (Fsp3) is 0.357. The van der Waals surface area contributed by atoms with E-state index in [4.69, 9.17) is 0 Å². The Morgan fingerprint density at radius 1 is 1.36 bits per heavy atom. The topological polar surface area (TPSA) is 101 Å². The van der Waals surface area contributed by atoms with Gasteiger partial charge in [0.15, 0.2) is 11.3 Å². The third kappa shape index (κ3) is 2.54. The van der Waals surface area contributed by atoms with Gasteiger partial charge in [0.1, 0.15) is 0 Å². The van der Waals surface area contributed by atoms with Crippen LogP contribution >= 0.6 is 0 Å². The molecule has 3 rings (SSSR count). The van der Waals surface area contributed by atoms with Crippen molar-refractivity contribution in [3.05, 3.63) is 29.8 Å². The highest BCUT2D eigenvalue weighted by atomic mass is 16.2. The Kier molecular flexibility index (Phi) is 3.16. The van der Waals surface area contributed by atoms with Gasteiger partial charge >= 0.3 is 0 Å². The van der Waals surface area contributed by atoms with Gasteiger partial charge in [-0.1, -0.05) is 5.21 Å². The first-order valence-corrected chi connectivity index (χ1v) is 6.89. The highest BCUT2D eigenvalue weighted by Gasteiger charge is 2.18. The van der Waals surface area contributed by atoms with Gasteiger partial charge in [-0.2, -0.15) is 5.10 Å². The molecule has 0 aliphatic rings. The standard InChI is InChI=1S/C14H17N7O/c1-8-10-5-9(6-15-12(10)19-17-8)16-13(22)11-7-21(20-18-11)14(2,3)4/h5-7H,1-4H3,(H,16,22)(H,15,17,19). The minimum absolute atomic E-state index is 0.222. The number of anilines is 1. The Balaban J connectivity index is 1.83. The third-order valence-electron chi connectivity index (χ3n) is 3.27. The summed E-state index contributed by atoms with van der Waals surface area (Å²) in [6.45, 7) is 7.87. The number of aryl methyl sites for hydroxylation is 1. The summed E-state index contributed by atoms with van der Waals surface area (Å²) < 4.78 is 1.66. The molecule has 0 aromatic carbocycles. The summed E-state index contributed by atoms with van der Waals surface area (Å²) in [4.78, 5) is 16.4. The molecule has 0 bridgehead atoms. The highest BCUT2D eigenvalue weighted by molar-refractivity contribution is 6.03. The van der Waals surface area contributed by atoms with E-state index in [2.05, 4.69) is 30.8 Å². The Labute approximate surface area is 126 Å². The third-order valence-corrected chi connectivity index (χ3v) is 3.27. The molecule has 8 heteroatoms. The van der Waals surface area contributed by atoms with Crippen LogP contribution in [0.5, 0.6) is 0 Å². The van der Waals surface area contributed by atoms with Crippen molar-refractivity contribution in [3.8, 4) is 0 Å². The van der Waals surface area contributed by atoms with E-state index in [1.165, 1.54) is 0 Å². The van der Waals surface area contributed by atoms with E-state index < -0.39 is 0 Å². The number of aromatic amines is 1. The molecule has 0 radical (unpaired) electrons. The lowest BCUT2D eigenvalue weighted by atomic mass is 10.1. The lowest BCUT2D eigenvalue weighted by molar-refractivity contribution is 0.102. The molecule has 0 saturated carbocycles. The van der Waals surface area contributed by atoms with Crippen LogP contribution in [-0.2, 0) is 5.54 Å². The summed E-state index contributed by atoms with van der Waals surface area (Å²) in [7, 11) is 0. The van der Waals surface area contributed by atoms with Crippen molar-refractivity contribution in [1.82, 2.24) is 30.2 Å². The van der Waals surface area contributed by atoms with Crippen LogP contribution < -0.4 is 5.32 Å². The molecular weight excluding hydrogens is 282 g/mol. The van der Waals surface area contributed by atoms with Crippen LogP contribution in [0.2, 0.25) is 0 Å².